The van der Waals surface area contributed by atoms with E-state index in [0.29, 0.717) is 6.04 Å². The second-order valence-corrected chi connectivity index (χ2v) is 4.88. The molecule has 1 fully saturated rings. The van der Waals surface area contributed by atoms with E-state index in [1.54, 1.807) is 6.26 Å². The SMILES string of the molecule is Brc1ccoc1-c1cn(C2CCOCC2)nn1. The molecule has 1 aliphatic rings. The maximum absolute atomic E-state index is 5.36. The summed E-state index contributed by atoms with van der Waals surface area (Å²) < 4.78 is 13.5. The first-order valence-electron chi connectivity index (χ1n) is 5.57. The van der Waals surface area contributed by atoms with Crippen LogP contribution in [-0.4, -0.2) is 28.2 Å². The van der Waals surface area contributed by atoms with E-state index in [1.165, 1.54) is 0 Å². The lowest BCUT2D eigenvalue weighted by atomic mass is 10.1. The second kappa shape index (κ2) is 4.62. The Labute approximate surface area is 107 Å². The van der Waals surface area contributed by atoms with Gasteiger partial charge in [0.2, 0.25) is 0 Å². The molecule has 1 aliphatic heterocycles. The lowest BCUT2D eigenvalue weighted by Crippen LogP contribution is -2.19. The first-order chi connectivity index (χ1) is 8.34. The molecule has 0 amide bonds. The van der Waals surface area contributed by atoms with Gasteiger partial charge in [-0.1, -0.05) is 5.21 Å². The van der Waals surface area contributed by atoms with Gasteiger partial charge in [-0.25, -0.2) is 4.68 Å². The fourth-order valence-corrected chi connectivity index (χ4v) is 2.39. The molecular weight excluding hydrogens is 286 g/mol. The molecule has 0 unspecified atom stereocenters. The highest BCUT2D eigenvalue weighted by molar-refractivity contribution is 9.10. The fraction of sp³-hybridized carbons (Fsp3) is 0.455. The molecule has 0 N–H and O–H groups in total. The van der Waals surface area contributed by atoms with Crippen LogP contribution in [0.3, 0.4) is 0 Å². The van der Waals surface area contributed by atoms with Crippen LogP contribution in [0.5, 0.6) is 0 Å². The van der Waals surface area contributed by atoms with E-state index < -0.39 is 0 Å². The van der Waals surface area contributed by atoms with Crippen molar-refractivity contribution < 1.29 is 9.15 Å². The third-order valence-electron chi connectivity index (χ3n) is 2.93. The summed E-state index contributed by atoms with van der Waals surface area (Å²) in [6, 6.07) is 2.24. The standard InChI is InChI=1S/C11H12BrN3O2/c12-9-3-6-17-11(9)10-7-15(14-13-10)8-1-4-16-5-2-8/h3,6-8H,1-2,4-5H2. The Morgan fingerprint density at radius 3 is 2.88 bits per heavy atom. The molecule has 0 aliphatic carbocycles. The van der Waals surface area contributed by atoms with Gasteiger partial charge in [0.25, 0.3) is 0 Å². The molecule has 0 saturated carbocycles. The van der Waals surface area contributed by atoms with Crippen LogP contribution in [0.4, 0.5) is 0 Å². The predicted molar refractivity (Wildman–Crippen MR) is 64.5 cm³/mol. The summed E-state index contributed by atoms with van der Waals surface area (Å²) in [6.45, 7) is 1.59. The second-order valence-electron chi connectivity index (χ2n) is 4.03. The molecule has 1 saturated heterocycles. The number of ether oxygens (including phenoxy) is 1. The zero-order valence-electron chi connectivity index (χ0n) is 9.17. The van der Waals surface area contributed by atoms with Gasteiger partial charge in [0.05, 0.1) is 23.0 Å². The number of aromatic nitrogens is 3. The smallest absolute Gasteiger partial charge is 0.169 e. The van der Waals surface area contributed by atoms with E-state index in [9.17, 15) is 0 Å². The topological polar surface area (TPSA) is 53.1 Å². The highest BCUT2D eigenvalue weighted by atomic mass is 79.9. The van der Waals surface area contributed by atoms with Gasteiger partial charge in [0, 0.05) is 13.2 Å². The highest BCUT2D eigenvalue weighted by Crippen LogP contribution is 2.28. The Hall–Kier alpha value is -1.14. The van der Waals surface area contributed by atoms with Crippen molar-refractivity contribution in [2.75, 3.05) is 13.2 Å². The predicted octanol–water partition coefficient (Wildman–Crippen LogP) is 2.65. The summed E-state index contributed by atoms with van der Waals surface area (Å²) in [5.74, 6) is 0.725. The van der Waals surface area contributed by atoms with Crippen LogP contribution in [-0.2, 0) is 4.74 Å². The summed E-state index contributed by atoms with van der Waals surface area (Å²) >= 11 is 3.42. The van der Waals surface area contributed by atoms with Gasteiger partial charge in [0.1, 0.15) is 5.69 Å². The number of nitrogens with zero attached hydrogens (tertiary/aromatic N) is 3. The summed E-state index contributed by atoms with van der Waals surface area (Å²) in [6.07, 6.45) is 5.54. The lowest BCUT2D eigenvalue weighted by molar-refractivity contribution is 0.0657. The quantitative estimate of drug-likeness (QED) is 0.855. The van der Waals surface area contributed by atoms with Gasteiger partial charge in [-0.3, -0.25) is 0 Å². The Kier molecular flexibility index (Phi) is 2.98. The van der Waals surface area contributed by atoms with Gasteiger partial charge < -0.3 is 9.15 Å². The van der Waals surface area contributed by atoms with E-state index in [-0.39, 0.29) is 0 Å². The molecule has 0 aromatic carbocycles. The number of hydrogen-bond acceptors (Lipinski definition) is 4. The molecule has 6 heteroatoms. The third kappa shape index (κ3) is 2.14. The van der Waals surface area contributed by atoms with Gasteiger partial charge in [0.15, 0.2) is 5.76 Å². The van der Waals surface area contributed by atoms with Crippen LogP contribution < -0.4 is 0 Å². The minimum atomic E-state index is 0.388. The molecule has 3 heterocycles. The van der Waals surface area contributed by atoms with E-state index in [4.69, 9.17) is 9.15 Å². The van der Waals surface area contributed by atoms with Gasteiger partial charge >= 0.3 is 0 Å². The van der Waals surface area contributed by atoms with Gasteiger partial charge in [-0.05, 0) is 34.8 Å². The van der Waals surface area contributed by atoms with Gasteiger partial charge in [-0.2, -0.15) is 0 Å². The molecule has 90 valence electrons. The van der Waals surface area contributed by atoms with Crippen LogP contribution in [0.25, 0.3) is 11.5 Å². The Bertz CT molecular complexity index is 502. The monoisotopic (exact) mass is 297 g/mol. The molecule has 17 heavy (non-hydrogen) atoms. The summed E-state index contributed by atoms with van der Waals surface area (Å²) in [5.41, 5.74) is 0.758. The normalized spacial score (nSPS) is 17.5. The molecule has 3 rings (SSSR count). The Balaban J connectivity index is 1.85. The largest absolute Gasteiger partial charge is 0.461 e. The number of rotatable bonds is 2. The number of furan rings is 1. The molecule has 5 nitrogen and oxygen atoms in total. The molecule has 0 radical (unpaired) electrons. The summed E-state index contributed by atoms with van der Waals surface area (Å²) in [5, 5.41) is 8.31. The van der Waals surface area contributed by atoms with E-state index in [0.717, 1.165) is 42.0 Å². The van der Waals surface area contributed by atoms with E-state index in [2.05, 4.69) is 26.2 Å². The zero-order valence-corrected chi connectivity index (χ0v) is 10.8. The first-order valence-corrected chi connectivity index (χ1v) is 6.37. The summed E-state index contributed by atoms with van der Waals surface area (Å²) in [7, 11) is 0. The van der Waals surface area contributed by atoms with Crippen molar-refractivity contribution in [1.82, 2.24) is 15.0 Å². The maximum atomic E-state index is 5.36. The van der Waals surface area contributed by atoms with Crippen molar-refractivity contribution >= 4 is 15.9 Å². The van der Waals surface area contributed by atoms with Gasteiger partial charge in [-0.15, -0.1) is 5.10 Å². The van der Waals surface area contributed by atoms with Crippen LogP contribution in [0.15, 0.2) is 27.4 Å². The fourth-order valence-electron chi connectivity index (χ4n) is 1.99. The van der Waals surface area contributed by atoms with Crippen molar-refractivity contribution in [3.05, 3.63) is 23.0 Å². The first kappa shape index (κ1) is 11.0. The highest BCUT2D eigenvalue weighted by Gasteiger charge is 2.19. The molecule has 0 atom stereocenters. The van der Waals surface area contributed by atoms with Crippen molar-refractivity contribution in [1.29, 1.82) is 0 Å². The molecular formula is C11H12BrN3O2. The molecule has 2 aromatic heterocycles. The molecule has 0 bridgehead atoms. The lowest BCUT2D eigenvalue weighted by Gasteiger charge is -2.21. The number of halogens is 1. The molecule has 0 spiro atoms. The van der Waals surface area contributed by atoms with Crippen LogP contribution >= 0.6 is 15.9 Å². The maximum Gasteiger partial charge on any atom is 0.169 e. The van der Waals surface area contributed by atoms with Crippen LogP contribution in [0.2, 0.25) is 0 Å². The average Bonchev–Trinajstić information content (AvgIpc) is 2.98. The third-order valence-corrected chi connectivity index (χ3v) is 3.55. The minimum Gasteiger partial charge on any atom is -0.461 e. The minimum absolute atomic E-state index is 0.388. The Morgan fingerprint density at radius 2 is 2.18 bits per heavy atom. The Morgan fingerprint density at radius 1 is 1.35 bits per heavy atom. The molecule has 2 aromatic rings. The van der Waals surface area contributed by atoms with Crippen molar-refractivity contribution in [2.24, 2.45) is 0 Å². The summed E-state index contributed by atoms with van der Waals surface area (Å²) in [4.78, 5) is 0. The van der Waals surface area contributed by atoms with Crippen molar-refractivity contribution in [3.8, 4) is 11.5 Å². The zero-order chi connectivity index (χ0) is 11.7. The van der Waals surface area contributed by atoms with E-state index >= 15 is 0 Å². The average molecular weight is 298 g/mol. The van der Waals surface area contributed by atoms with Crippen molar-refractivity contribution in [3.63, 3.8) is 0 Å². The van der Waals surface area contributed by atoms with Crippen LogP contribution in [0, 0.1) is 0 Å². The number of hydrogen-bond donors (Lipinski definition) is 0. The van der Waals surface area contributed by atoms with Crippen LogP contribution in [0.1, 0.15) is 18.9 Å². The van der Waals surface area contributed by atoms with E-state index in [1.807, 2.05) is 16.9 Å². The van der Waals surface area contributed by atoms with Crippen molar-refractivity contribution in [2.45, 2.75) is 18.9 Å².